The van der Waals surface area contributed by atoms with Crippen molar-refractivity contribution in [1.82, 2.24) is 10.1 Å². The van der Waals surface area contributed by atoms with Crippen molar-refractivity contribution in [1.29, 1.82) is 0 Å². The van der Waals surface area contributed by atoms with Gasteiger partial charge in [-0.1, -0.05) is 19.0 Å². The van der Waals surface area contributed by atoms with E-state index in [4.69, 9.17) is 4.52 Å². The van der Waals surface area contributed by atoms with Gasteiger partial charge >= 0.3 is 6.01 Å². The van der Waals surface area contributed by atoms with Crippen LogP contribution in [0.4, 0.5) is 6.01 Å². The van der Waals surface area contributed by atoms with Gasteiger partial charge in [0.2, 0.25) is 0 Å². The van der Waals surface area contributed by atoms with Gasteiger partial charge in [-0.05, 0) is 38.0 Å². The Bertz CT molecular complexity index is 336. The highest BCUT2D eigenvalue weighted by molar-refractivity contribution is 5.18. The summed E-state index contributed by atoms with van der Waals surface area (Å²) in [5, 5.41) is 7.10. The van der Waals surface area contributed by atoms with Crippen molar-refractivity contribution in [2.45, 2.75) is 52.4 Å². The molecule has 0 radical (unpaired) electrons. The van der Waals surface area contributed by atoms with Gasteiger partial charge in [-0.2, -0.15) is 4.98 Å². The zero-order valence-corrected chi connectivity index (χ0v) is 10.4. The molecule has 0 saturated heterocycles. The molecular formula is C12H21N3O. The maximum atomic E-state index is 5.14. The molecule has 0 spiro atoms. The van der Waals surface area contributed by atoms with Crippen LogP contribution in [0.1, 0.15) is 58.2 Å². The van der Waals surface area contributed by atoms with Crippen molar-refractivity contribution < 1.29 is 4.52 Å². The topological polar surface area (TPSA) is 51.0 Å². The van der Waals surface area contributed by atoms with E-state index in [1.54, 1.807) is 0 Å². The van der Waals surface area contributed by atoms with Crippen molar-refractivity contribution >= 4 is 6.01 Å². The van der Waals surface area contributed by atoms with Gasteiger partial charge < -0.3 is 9.84 Å². The van der Waals surface area contributed by atoms with E-state index >= 15 is 0 Å². The highest BCUT2D eigenvalue weighted by Gasteiger charge is 2.30. The summed E-state index contributed by atoms with van der Waals surface area (Å²) < 4.78 is 5.14. The molecule has 0 amide bonds. The van der Waals surface area contributed by atoms with E-state index in [-0.39, 0.29) is 0 Å². The molecular weight excluding hydrogens is 202 g/mol. The molecule has 4 nitrogen and oxygen atoms in total. The van der Waals surface area contributed by atoms with Gasteiger partial charge in [-0.3, -0.25) is 0 Å². The second kappa shape index (κ2) is 4.44. The molecule has 2 rings (SSSR count). The van der Waals surface area contributed by atoms with Crippen LogP contribution in [0.2, 0.25) is 0 Å². The smallest absolute Gasteiger partial charge is 0.321 e. The molecule has 0 atom stereocenters. The van der Waals surface area contributed by atoms with Gasteiger partial charge in [0, 0.05) is 12.5 Å². The SMILES string of the molecule is CCNc1nc(C2CCC(C)(C)CC2)no1. The van der Waals surface area contributed by atoms with Crippen molar-refractivity contribution in [2.24, 2.45) is 5.41 Å². The summed E-state index contributed by atoms with van der Waals surface area (Å²) in [5.41, 5.74) is 0.491. The van der Waals surface area contributed by atoms with E-state index in [2.05, 4.69) is 29.3 Å². The minimum atomic E-state index is 0.490. The van der Waals surface area contributed by atoms with Crippen molar-refractivity contribution in [3.05, 3.63) is 5.82 Å². The van der Waals surface area contributed by atoms with Crippen LogP contribution in [0.5, 0.6) is 0 Å². The Hall–Kier alpha value is -1.06. The number of anilines is 1. The second-order valence-corrected chi connectivity index (χ2v) is 5.43. The standard InChI is InChI=1S/C12H21N3O/c1-4-13-11-14-10(15-16-11)9-5-7-12(2,3)8-6-9/h9H,4-8H2,1-3H3,(H,13,14,15). The fourth-order valence-electron chi connectivity index (χ4n) is 2.28. The maximum absolute atomic E-state index is 5.14. The van der Waals surface area contributed by atoms with E-state index < -0.39 is 0 Å². The first-order valence-electron chi connectivity index (χ1n) is 6.18. The molecule has 0 aliphatic heterocycles. The molecule has 1 aromatic rings. The third kappa shape index (κ3) is 2.54. The van der Waals surface area contributed by atoms with Gasteiger partial charge in [-0.25, -0.2) is 0 Å². The first kappa shape index (κ1) is 11.4. The minimum absolute atomic E-state index is 0.490. The lowest BCUT2D eigenvalue weighted by Crippen LogP contribution is -2.20. The molecule has 1 aromatic heterocycles. The largest absolute Gasteiger partial charge is 0.338 e. The zero-order valence-electron chi connectivity index (χ0n) is 10.4. The number of hydrogen-bond acceptors (Lipinski definition) is 4. The predicted octanol–water partition coefficient (Wildman–Crippen LogP) is 3.19. The van der Waals surface area contributed by atoms with E-state index in [1.165, 1.54) is 25.7 Å². The molecule has 0 unspecified atom stereocenters. The highest BCUT2D eigenvalue weighted by Crippen LogP contribution is 2.41. The van der Waals surface area contributed by atoms with Crippen LogP contribution < -0.4 is 5.32 Å². The number of hydrogen-bond donors (Lipinski definition) is 1. The Morgan fingerprint density at radius 3 is 2.69 bits per heavy atom. The maximum Gasteiger partial charge on any atom is 0.321 e. The Balaban J connectivity index is 1.97. The molecule has 0 bridgehead atoms. The first-order valence-corrected chi connectivity index (χ1v) is 6.18. The van der Waals surface area contributed by atoms with Crippen LogP contribution in [0.15, 0.2) is 4.52 Å². The predicted molar refractivity (Wildman–Crippen MR) is 63.5 cm³/mol. The average Bonchev–Trinajstić information content (AvgIpc) is 2.67. The van der Waals surface area contributed by atoms with E-state index in [0.29, 0.717) is 17.3 Å². The molecule has 1 aliphatic rings. The molecule has 1 heterocycles. The molecule has 1 saturated carbocycles. The fraction of sp³-hybridized carbons (Fsp3) is 0.833. The number of nitrogens with one attached hydrogen (secondary N) is 1. The molecule has 1 aliphatic carbocycles. The van der Waals surface area contributed by atoms with Gasteiger partial charge in [-0.15, -0.1) is 0 Å². The van der Waals surface area contributed by atoms with Gasteiger partial charge in [0.15, 0.2) is 5.82 Å². The first-order chi connectivity index (χ1) is 7.61. The van der Waals surface area contributed by atoms with Crippen LogP contribution in [0.3, 0.4) is 0 Å². The molecule has 1 N–H and O–H groups in total. The lowest BCUT2D eigenvalue weighted by atomic mass is 9.73. The summed E-state index contributed by atoms with van der Waals surface area (Å²) in [6.45, 7) is 7.51. The lowest BCUT2D eigenvalue weighted by Gasteiger charge is -2.32. The summed E-state index contributed by atoms with van der Waals surface area (Å²) in [6.07, 6.45) is 4.86. The molecule has 1 fully saturated rings. The summed E-state index contributed by atoms with van der Waals surface area (Å²) >= 11 is 0. The summed E-state index contributed by atoms with van der Waals surface area (Å²) in [7, 11) is 0. The van der Waals surface area contributed by atoms with Crippen molar-refractivity contribution in [3.63, 3.8) is 0 Å². The summed E-state index contributed by atoms with van der Waals surface area (Å²) in [6, 6.07) is 0.558. The van der Waals surface area contributed by atoms with Crippen LogP contribution in [0, 0.1) is 5.41 Å². The Labute approximate surface area is 96.8 Å². The normalized spacial score (nSPS) is 20.9. The monoisotopic (exact) mass is 223 g/mol. The Morgan fingerprint density at radius 2 is 2.06 bits per heavy atom. The lowest BCUT2D eigenvalue weighted by molar-refractivity contribution is 0.218. The summed E-state index contributed by atoms with van der Waals surface area (Å²) in [5.74, 6) is 1.37. The van der Waals surface area contributed by atoms with Crippen molar-refractivity contribution in [3.8, 4) is 0 Å². The third-order valence-electron chi connectivity index (χ3n) is 3.47. The fourth-order valence-corrected chi connectivity index (χ4v) is 2.28. The highest BCUT2D eigenvalue weighted by atomic mass is 16.5. The second-order valence-electron chi connectivity index (χ2n) is 5.43. The van der Waals surface area contributed by atoms with Crippen LogP contribution in [-0.4, -0.2) is 16.7 Å². The summed E-state index contributed by atoms with van der Waals surface area (Å²) in [4.78, 5) is 4.38. The van der Waals surface area contributed by atoms with Crippen LogP contribution in [-0.2, 0) is 0 Å². The van der Waals surface area contributed by atoms with Crippen molar-refractivity contribution in [2.75, 3.05) is 11.9 Å². The molecule has 16 heavy (non-hydrogen) atoms. The minimum Gasteiger partial charge on any atom is -0.338 e. The van der Waals surface area contributed by atoms with Crippen LogP contribution in [0.25, 0.3) is 0 Å². The number of rotatable bonds is 3. The molecule has 4 heteroatoms. The van der Waals surface area contributed by atoms with Gasteiger partial charge in [0.1, 0.15) is 0 Å². The quantitative estimate of drug-likeness (QED) is 0.855. The van der Waals surface area contributed by atoms with Gasteiger partial charge in [0.05, 0.1) is 0 Å². The average molecular weight is 223 g/mol. The molecule has 0 aromatic carbocycles. The third-order valence-corrected chi connectivity index (χ3v) is 3.47. The molecule has 90 valence electrons. The number of nitrogens with zero attached hydrogens (tertiary/aromatic N) is 2. The van der Waals surface area contributed by atoms with E-state index in [0.717, 1.165) is 12.4 Å². The Morgan fingerprint density at radius 1 is 1.38 bits per heavy atom. The van der Waals surface area contributed by atoms with Crippen LogP contribution >= 0.6 is 0 Å². The van der Waals surface area contributed by atoms with Gasteiger partial charge in [0.25, 0.3) is 0 Å². The Kier molecular flexibility index (Phi) is 3.17. The van der Waals surface area contributed by atoms with E-state index in [9.17, 15) is 0 Å². The number of aromatic nitrogens is 2. The van der Waals surface area contributed by atoms with E-state index in [1.807, 2.05) is 6.92 Å². The zero-order chi connectivity index (χ0) is 11.6.